The highest BCUT2D eigenvalue weighted by atomic mass is 14.1. The summed E-state index contributed by atoms with van der Waals surface area (Å²) in [5.74, 6) is 0. The Morgan fingerprint density at radius 2 is 2.09 bits per heavy atom. The molecular weight excluding hydrogens is 132 g/mol. The van der Waals surface area contributed by atoms with E-state index in [4.69, 9.17) is 0 Å². The Bertz CT molecular complexity index is 319. The van der Waals surface area contributed by atoms with Gasteiger partial charge in [-0.3, -0.25) is 0 Å². The molecule has 1 aromatic carbocycles. The number of hydrogen-bond acceptors (Lipinski definition) is 0. The second-order valence-electron chi connectivity index (χ2n) is 2.80. The van der Waals surface area contributed by atoms with Crippen molar-refractivity contribution < 1.29 is 0 Å². The number of allylic oxidation sites excluding steroid dienone is 2. The van der Waals surface area contributed by atoms with E-state index in [0.29, 0.717) is 0 Å². The summed E-state index contributed by atoms with van der Waals surface area (Å²) in [6.07, 6.45) is 5.18. The molecular formula is C11H10. The maximum atomic E-state index is 3.76. The Morgan fingerprint density at radius 1 is 1.27 bits per heavy atom. The summed E-state index contributed by atoms with van der Waals surface area (Å²) in [6, 6.07) is 8.47. The largest absolute Gasteiger partial charge is 0.0988 e. The third kappa shape index (κ3) is 1.01. The van der Waals surface area contributed by atoms with Crippen LogP contribution in [0.2, 0.25) is 0 Å². The van der Waals surface area contributed by atoms with Crippen LogP contribution in [0.4, 0.5) is 0 Å². The van der Waals surface area contributed by atoms with Gasteiger partial charge < -0.3 is 0 Å². The van der Waals surface area contributed by atoms with E-state index >= 15 is 0 Å². The highest BCUT2D eigenvalue weighted by Gasteiger charge is 2.07. The van der Waals surface area contributed by atoms with Crippen LogP contribution in [0.25, 0.3) is 6.08 Å². The first-order valence-electron chi connectivity index (χ1n) is 3.81. The molecule has 0 atom stereocenters. The minimum atomic E-state index is 1.06. The lowest BCUT2D eigenvalue weighted by Gasteiger charge is -1.94. The van der Waals surface area contributed by atoms with E-state index in [9.17, 15) is 0 Å². The average molecular weight is 142 g/mol. The zero-order chi connectivity index (χ0) is 7.68. The molecule has 0 aliphatic heterocycles. The van der Waals surface area contributed by atoms with Gasteiger partial charge in [-0.15, -0.1) is 0 Å². The quantitative estimate of drug-likeness (QED) is 0.565. The van der Waals surface area contributed by atoms with Crippen LogP contribution in [0, 0.1) is 0 Å². The summed E-state index contributed by atoms with van der Waals surface area (Å²) in [5, 5.41) is 0. The Balaban J connectivity index is 2.47. The van der Waals surface area contributed by atoms with Crippen molar-refractivity contribution >= 4 is 6.08 Å². The van der Waals surface area contributed by atoms with Crippen molar-refractivity contribution in [1.82, 2.24) is 0 Å². The molecule has 0 unspecified atom stereocenters. The Hall–Kier alpha value is -1.30. The summed E-state index contributed by atoms with van der Waals surface area (Å²) >= 11 is 0. The van der Waals surface area contributed by atoms with Crippen LogP contribution < -0.4 is 0 Å². The van der Waals surface area contributed by atoms with Crippen molar-refractivity contribution in [2.24, 2.45) is 0 Å². The lowest BCUT2D eigenvalue weighted by molar-refractivity contribution is 1.25. The van der Waals surface area contributed by atoms with Crippen molar-refractivity contribution in [2.75, 3.05) is 0 Å². The van der Waals surface area contributed by atoms with Gasteiger partial charge in [0, 0.05) is 0 Å². The molecule has 2 rings (SSSR count). The molecule has 1 aromatic rings. The first kappa shape index (κ1) is 6.41. The molecule has 0 spiro atoms. The van der Waals surface area contributed by atoms with Gasteiger partial charge >= 0.3 is 0 Å². The fraction of sp³-hybridized carbons (Fsp3) is 0.0909. The molecule has 0 saturated heterocycles. The van der Waals surface area contributed by atoms with Crippen molar-refractivity contribution in [2.45, 2.75) is 6.42 Å². The summed E-state index contributed by atoms with van der Waals surface area (Å²) in [4.78, 5) is 0. The molecule has 0 bridgehead atoms. The summed E-state index contributed by atoms with van der Waals surface area (Å²) in [7, 11) is 0. The lowest BCUT2D eigenvalue weighted by atomic mass is 10.1. The first-order chi connectivity index (χ1) is 5.40. The van der Waals surface area contributed by atoms with Crippen molar-refractivity contribution in [3.8, 4) is 0 Å². The van der Waals surface area contributed by atoms with Crippen LogP contribution in [0.3, 0.4) is 0 Å². The lowest BCUT2D eigenvalue weighted by Crippen LogP contribution is -1.80. The third-order valence-corrected chi connectivity index (χ3v) is 2.05. The molecule has 1 aliphatic carbocycles. The molecule has 0 radical (unpaired) electrons. The number of fused-ring (bicyclic) bond motifs is 1. The van der Waals surface area contributed by atoms with E-state index in [0.717, 1.165) is 6.42 Å². The van der Waals surface area contributed by atoms with Gasteiger partial charge in [-0.1, -0.05) is 43.0 Å². The van der Waals surface area contributed by atoms with Gasteiger partial charge in [0.05, 0.1) is 0 Å². The van der Waals surface area contributed by atoms with Crippen LogP contribution in [0.15, 0.2) is 42.5 Å². The van der Waals surface area contributed by atoms with Crippen LogP contribution in [-0.2, 0) is 6.42 Å². The molecule has 0 heterocycles. The van der Waals surface area contributed by atoms with E-state index in [1.807, 2.05) is 6.08 Å². The minimum Gasteiger partial charge on any atom is -0.0988 e. The van der Waals surface area contributed by atoms with E-state index in [2.05, 4.69) is 36.9 Å². The second kappa shape index (κ2) is 2.39. The molecule has 0 saturated carbocycles. The van der Waals surface area contributed by atoms with Gasteiger partial charge in [-0.2, -0.15) is 0 Å². The summed E-state index contributed by atoms with van der Waals surface area (Å²) < 4.78 is 0. The van der Waals surface area contributed by atoms with Gasteiger partial charge in [0.2, 0.25) is 0 Å². The van der Waals surface area contributed by atoms with Gasteiger partial charge in [-0.05, 0) is 23.1 Å². The van der Waals surface area contributed by atoms with E-state index in [1.54, 1.807) is 0 Å². The van der Waals surface area contributed by atoms with Crippen LogP contribution >= 0.6 is 0 Å². The normalized spacial score (nSPS) is 14.0. The average Bonchev–Trinajstić information content (AvgIpc) is 2.46. The molecule has 11 heavy (non-hydrogen) atoms. The predicted molar refractivity (Wildman–Crippen MR) is 48.3 cm³/mol. The van der Waals surface area contributed by atoms with Crippen LogP contribution in [0.1, 0.15) is 11.1 Å². The van der Waals surface area contributed by atoms with Crippen molar-refractivity contribution in [1.29, 1.82) is 0 Å². The Kier molecular flexibility index (Phi) is 1.39. The second-order valence-corrected chi connectivity index (χ2v) is 2.80. The topological polar surface area (TPSA) is 0 Å². The monoisotopic (exact) mass is 142 g/mol. The smallest absolute Gasteiger partial charge is 0.00198 e. The van der Waals surface area contributed by atoms with Gasteiger partial charge in [0.1, 0.15) is 0 Å². The fourth-order valence-corrected chi connectivity index (χ4v) is 1.44. The molecule has 1 aliphatic rings. The minimum absolute atomic E-state index is 1.06. The Morgan fingerprint density at radius 3 is 2.82 bits per heavy atom. The van der Waals surface area contributed by atoms with Crippen LogP contribution in [-0.4, -0.2) is 0 Å². The van der Waals surface area contributed by atoms with E-state index in [-0.39, 0.29) is 0 Å². The molecule has 54 valence electrons. The Labute approximate surface area is 66.9 Å². The van der Waals surface area contributed by atoms with Crippen molar-refractivity contribution in [3.05, 3.63) is 53.6 Å². The molecule has 0 N–H and O–H groups in total. The number of hydrogen-bond donors (Lipinski definition) is 0. The highest BCUT2D eigenvalue weighted by molar-refractivity contribution is 5.65. The first-order valence-corrected chi connectivity index (χ1v) is 3.81. The summed E-state index contributed by atoms with van der Waals surface area (Å²) in [6.45, 7) is 3.76. The van der Waals surface area contributed by atoms with E-state index in [1.165, 1.54) is 16.7 Å². The summed E-state index contributed by atoms with van der Waals surface area (Å²) in [5.41, 5.74) is 4.09. The molecule has 0 aromatic heterocycles. The maximum Gasteiger partial charge on any atom is -0.00198 e. The van der Waals surface area contributed by atoms with Crippen molar-refractivity contribution in [3.63, 3.8) is 0 Å². The molecule has 0 amide bonds. The van der Waals surface area contributed by atoms with Gasteiger partial charge in [0.15, 0.2) is 0 Å². The van der Waals surface area contributed by atoms with Gasteiger partial charge in [-0.25, -0.2) is 0 Å². The molecule has 0 nitrogen and oxygen atoms in total. The zero-order valence-corrected chi connectivity index (χ0v) is 6.38. The number of rotatable bonds is 1. The predicted octanol–water partition coefficient (Wildman–Crippen LogP) is 2.81. The third-order valence-electron chi connectivity index (χ3n) is 2.05. The standard InChI is InChI=1S/C11H10/c1-2-9-7-10-5-3-4-6-11(10)8-9/h2-7H,1,8H2. The highest BCUT2D eigenvalue weighted by Crippen LogP contribution is 2.24. The zero-order valence-electron chi connectivity index (χ0n) is 6.38. The number of benzene rings is 1. The molecule has 0 fully saturated rings. The SMILES string of the molecule is C=CC1=Cc2ccccc2C1. The fourth-order valence-electron chi connectivity index (χ4n) is 1.44. The van der Waals surface area contributed by atoms with E-state index < -0.39 is 0 Å². The maximum absolute atomic E-state index is 3.76. The van der Waals surface area contributed by atoms with Crippen LogP contribution in [0.5, 0.6) is 0 Å². The van der Waals surface area contributed by atoms with Gasteiger partial charge in [0.25, 0.3) is 0 Å². The molecule has 0 heteroatoms.